The van der Waals surface area contributed by atoms with Gasteiger partial charge in [-0.3, -0.25) is 4.90 Å². The molecule has 1 aliphatic carbocycles. The van der Waals surface area contributed by atoms with E-state index in [1.165, 1.54) is 11.1 Å². The number of ether oxygens (including phenoxy) is 3. The van der Waals surface area contributed by atoms with Crippen molar-refractivity contribution >= 4 is 0 Å². The Morgan fingerprint density at radius 2 is 1.87 bits per heavy atom. The predicted octanol–water partition coefficient (Wildman–Crippen LogP) is 1.69. The van der Waals surface area contributed by atoms with E-state index in [1.807, 2.05) is 6.07 Å². The van der Waals surface area contributed by atoms with Gasteiger partial charge in [-0.15, -0.1) is 0 Å². The molecule has 0 amide bonds. The van der Waals surface area contributed by atoms with E-state index in [0.717, 1.165) is 36.6 Å². The molecule has 2 heterocycles. The van der Waals surface area contributed by atoms with E-state index in [0.29, 0.717) is 0 Å². The lowest BCUT2D eigenvalue weighted by molar-refractivity contribution is -0.0231. The van der Waals surface area contributed by atoms with Crippen LogP contribution < -0.4 is 9.47 Å². The molecule has 4 rings (SSSR count). The second kappa shape index (κ2) is 5.51. The Hall–Kier alpha value is -1.56. The van der Waals surface area contributed by atoms with E-state index in [1.54, 1.807) is 21.3 Å². The minimum atomic E-state index is -0.550. The highest BCUT2D eigenvalue weighted by atomic mass is 16.5. The number of aliphatic hydroxyl groups is 1. The first-order valence-electron chi connectivity index (χ1n) is 8.08. The maximum Gasteiger partial charge on any atom is 0.161 e. The molecule has 2 aliphatic heterocycles. The zero-order valence-corrected chi connectivity index (χ0v) is 13.8. The first-order chi connectivity index (χ1) is 11.2. The van der Waals surface area contributed by atoms with Gasteiger partial charge < -0.3 is 19.3 Å². The van der Waals surface area contributed by atoms with Gasteiger partial charge in [-0.1, -0.05) is 11.6 Å². The van der Waals surface area contributed by atoms with Gasteiger partial charge >= 0.3 is 0 Å². The van der Waals surface area contributed by atoms with Gasteiger partial charge in [0, 0.05) is 32.2 Å². The van der Waals surface area contributed by atoms with Crippen LogP contribution in [0.2, 0.25) is 0 Å². The van der Waals surface area contributed by atoms with Crippen LogP contribution in [0.25, 0.3) is 0 Å². The van der Waals surface area contributed by atoms with Crippen LogP contribution in [-0.2, 0) is 11.3 Å². The molecule has 0 radical (unpaired) electrons. The molecule has 5 heteroatoms. The summed E-state index contributed by atoms with van der Waals surface area (Å²) in [6.07, 6.45) is 2.38. The third kappa shape index (κ3) is 2.11. The number of rotatable bonds is 3. The summed E-state index contributed by atoms with van der Waals surface area (Å²) in [4.78, 5) is 2.46. The molecule has 0 aromatic heterocycles. The number of methoxy groups -OCH3 is 3. The number of nitrogens with zero attached hydrogens (tertiary/aromatic N) is 1. The minimum absolute atomic E-state index is 0.0195. The van der Waals surface area contributed by atoms with Crippen LogP contribution in [-0.4, -0.2) is 56.1 Å². The Balaban J connectivity index is 1.86. The molecule has 1 saturated heterocycles. The Morgan fingerprint density at radius 3 is 2.57 bits per heavy atom. The zero-order chi connectivity index (χ0) is 16.1. The third-order valence-corrected chi connectivity index (χ3v) is 5.53. The summed E-state index contributed by atoms with van der Waals surface area (Å²) in [6, 6.07) is 4.37. The molecular formula is C18H23NO4. The summed E-state index contributed by atoms with van der Waals surface area (Å²) in [7, 11) is 4.97. The fourth-order valence-corrected chi connectivity index (χ4v) is 4.48. The van der Waals surface area contributed by atoms with Gasteiger partial charge in [-0.2, -0.15) is 0 Å². The largest absolute Gasteiger partial charge is 0.493 e. The van der Waals surface area contributed by atoms with Gasteiger partial charge in [0.2, 0.25) is 0 Å². The molecule has 4 atom stereocenters. The normalized spacial score (nSPS) is 32.1. The van der Waals surface area contributed by atoms with Gasteiger partial charge in [0.25, 0.3) is 0 Å². The molecule has 23 heavy (non-hydrogen) atoms. The van der Waals surface area contributed by atoms with E-state index in [-0.39, 0.29) is 18.1 Å². The Bertz CT molecular complexity index is 657. The third-order valence-electron chi connectivity index (χ3n) is 5.53. The van der Waals surface area contributed by atoms with Crippen molar-refractivity contribution in [2.45, 2.75) is 37.1 Å². The lowest BCUT2D eigenvalue weighted by Gasteiger charge is -2.45. The molecule has 1 aromatic rings. The van der Waals surface area contributed by atoms with Crippen LogP contribution in [0.1, 0.15) is 23.5 Å². The summed E-state index contributed by atoms with van der Waals surface area (Å²) in [5, 5.41) is 10.9. The highest BCUT2D eigenvalue weighted by molar-refractivity contribution is 5.52. The molecule has 3 aliphatic rings. The predicted molar refractivity (Wildman–Crippen MR) is 86.0 cm³/mol. The molecule has 0 unspecified atom stereocenters. The molecule has 1 aromatic carbocycles. The maximum atomic E-state index is 10.9. The van der Waals surface area contributed by atoms with Crippen molar-refractivity contribution in [3.8, 4) is 11.5 Å². The van der Waals surface area contributed by atoms with E-state index >= 15 is 0 Å². The summed E-state index contributed by atoms with van der Waals surface area (Å²) in [5.74, 6) is 1.48. The molecule has 0 bridgehead atoms. The highest BCUT2D eigenvalue weighted by Gasteiger charge is 2.49. The number of aliphatic hydroxyl groups excluding tert-OH is 1. The first kappa shape index (κ1) is 15.0. The monoisotopic (exact) mass is 317 g/mol. The molecule has 0 saturated carbocycles. The number of benzene rings is 1. The van der Waals surface area contributed by atoms with Crippen LogP contribution in [0.5, 0.6) is 11.5 Å². The SMILES string of the molecule is COc1cc2c(cc1OC)[C@H]1[C@@H](O)[C@H](OC)C=C3CCN(C2)[C@@H]31. The average Bonchev–Trinajstić information content (AvgIpc) is 2.98. The van der Waals surface area contributed by atoms with Crippen molar-refractivity contribution in [2.24, 2.45) is 0 Å². The summed E-state index contributed by atoms with van der Waals surface area (Å²) < 4.78 is 16.4. The minimum Gasteiger partial charge on any atom is -0.493 e. The van der Waals surface area contributed by atoms with Crippen LogP contribution >= 0.6 is 0 Å². The van der Waals surface area contributed by atoms with Gasteiger partial charge in [0.15, 0.2) is 11.5 Å². The summed E-state index contributed by atoms with van der Waals surface area (Å²) >= 11 is 0. The Kier molecular flexibility index (Phi) is 3.59. The van der Waals surface area contributed by atoms with Crippen LogP contribution in [0.15, 0.2) is 23.8 Å². The maximum absolute atomic E-state index is 10.9. The van der Waals surface area contributed by atoms with E-state index < -0.39 is 6.10 Å². The van der Waals surface area contributed by atoms with E-state index in [2.05, 4.69) is 17.0 Å². The number of hydrogen-bond acceptors (Lipinski definition) is 5. The molecule has 1 N–H and O–H groups in total. The first-order valence-corrected chi connectivity index (χ1v) is 8.08. The van der Waals surface area contributed by atoms with Crippen LogP contribution in [0, 0.1) is 0 Å². The molecule has 124 valence electrons. The van der Waals surface area contributed by atoms with Crippen LogP contribution in [0.3, 0.4) is 0 Å². The van der Waals surface area contributed by atoms with Gasteiger partial charge in [-0.05, 0) is 29.7 Å². The highest BCUT2D eigenvalue weighted by Crippen LogP contribution is 2.49. The zero-order valence-electron chi connectivity index (χ0n) is 13.8. The second-order valence-electron chi connectivity index (χ2n) is 6.53. The average molecular weight is 317 g/mol. The molecule has 5 nitrogen and oxygen atoms in total. The molecule has 0 spiro atoms. The Labute approximate surface area is 136 Å². The van der Waals surface area contributed by atoms with Crippen molar-refractivity contribution in [1.82, 2.24) is 4.90 Å². The van der Waals surface area contributed by atoms with Gasteiger partial charge in [0.05, 0.1) is 20.3 Å². The lowest BCUT2D eigenvalue weighted by atomic mass is 9.73. The van der Waals surface area contributed by atoms with Gasteiger partial charge in [-0.25, -0.2) is 0 Å². The van der Waals surface area contributed by atoms with Crippen molar-refractivity contribution in [3.05, 3.63) is 34.9 Å². The Morgan fingerprint density at radius 1 is 1.13 bits per heavy atom. The summed E-state index contributed by atoms with van der Waals surface area (Å²) in [5.41, 5.74) is 3.76. The molecule has 1 fully saturated rings. The van der Waals surface area contributed by atoms with E-state index in [9.17, 15) is 5.11 Å². The fraction of sp³-hybridized carbons (Fsp3) is 0.556. The van der Waals surface area contributed by atoms with Gasteiger partial charge in [0.1, 0.15) is 6.10 Å². The second-order valence-corrected chi connectivity index (χ2v) is 6.53. The quantitative estimate of drug-likeness (QED) is 0.860. The van der Waals surface area contributed by atoms with E-state index in [4.69, 9.17) is 14.2 Å². The van der Waals surface area contributed by atoms with Crippen molar-refractivity contribution in [3.63, 3.8) is 0 Å². The molecular weight excluding hydrogens is 294 g/mol. The number of fused-ring (bicyclic) bond motifs is 2. The van der Waals surface area contributed by atoms with Crippen molar-refractivity contribution in [2.75, 3.05) is 27.9 Å². The fourth-order valence-electron chi connectivity index (χ4n) is 4.48. The van der Waals surface area contributed by atoms with Crippen molar-refractivity contribution in [1.29, 1.82) is 0 Å². The standard InChI is InChI=1S/C18H23NO4/c1-21-13-7-11-9-19-5-4-10-6-15(23-3)18(20)16(17(10)19)12(11)8-14(13)22-2/h6-8,15-18,20H,4-5,9H2,1-3H3/t15-,16-,17+,18+/m1/s1. The smallest absolute Gasteiger partial charge is 0.161 e. The van der Waals surface area contributed by atoms with Crippen LogP contribution in [0.4, 0.5) is 0 Å². The lowest BCUT2D eigenvalue weighted by Crippen LogP contribution is -2.50. The number of hydrogen-bond donors (Lipinski definition) is 1. The summed E-state index contributed by atoms with van der Waals surface area (Å²) in [6.45, 7) is 1.92. The van der Waals surface area contributed by atoms with Crippen molar-refractivity contribution < 1.29 is 19.3 Å². The topological polar surface area (TPSA) is 51.2 Å².